The normalized spacial score (nSPS) is 15.5. The number of anilines is 1. The molecule has 5 rings (SSSR count). The number of aliphatic imine (C=N–C) groups is 1. The van der Waals surface area contributed by atoms with Gasteiger partial charge in [0.25, 0.3) is 5.91 Å². The minimum atomic E-state index is -4.37. The molecule has 1 aliphatic heterocycles. The first kappa shape index (κ1) is 23.9. The minimum Gasteiger partial charge on any atom is -0.305 e. The van der Waals surface area contributed by atoms with Crippen molar-refractivity contribution >= 4 is 34.8 Å². The summed E-state index contributed by atoms with van der Waals surface area (Å²) in [6.45, 7) is 2.28. The maximum atomic E-state index is 13.6. The predicted octanol–water partition coefficient (Wildman–Crippen LogP) is 6.89. The van der Waals surface area contributed by atoms with E-state index in [0.717, 1.165) is 11.1 Å². The first-order valence-corrected chi connectivity index (χ1v) is 12.1. The molecule has 0 saturated heterocycles. The Hall–Kier alpha value is -3.85. The zero-order valence-corrected chi connectivity index (χ0v) is 20.0. The maximum absolute atomic E-state index is 13.6. The predicted molar refractivity (Wildman–Crippen MR) is 135 cm³/mol. The number of carbonyl (C=O) groups is 1. The van der Waals surface area contributed by atoms with E-state index in [-0.39, 0.29) is 28.6 Å². The molecule has 1 aliphatic rings. The summed E-state index contributed by atoms with van der Waals surface area (Å²) in [5.41, 5.74) is -0.573. The molecular weight excluding hydrogens is 485 g/mol. The van der Waals surface area contributed by atoms with Crippen molar-refractivity contribution in [2.24, 2.45) is 4.99 Å². The fraction of sp³-hybridized carbons (Fsp3) is 0.148. The minimum absolute atomic E-state index is 0.0643. The first-order chi connectivity index (χ1) is 17.3. The number of halogens is 3. The van der Waals surface area contributed by atoms with Crippen LogP contribution in [0.2, 0.25) is 0 Å². The van der Waals surface area contributed by atoms with Crippen LogP contribution in [0.25, 0.3) is 0 Å². The number of hydrogen-bond acceptors (Lipinski definition) is 4. The van der Waals surface area contributed by atoms with Gasteiger partial charge in [-0.05, 0) is 43.0 Å². The lowest BCUT2D eigenvalue weighted by Crippen LogP contribution is -2.42. The van der Waals surface area contributed by atoms with Gasteiger partial charge in [0.1, 0.15) is 5.69 Å². The van der Waals surface area contributed by atoms with E-state index in [1.54, 1.807) is 15.8 Å². The fourth-order valence-electron chi connectivity index (χ4n) is 4.19. The molecule has 0 radical (unpaired) electrons. The summed E-state index contributed by atoms with van der Waals surface area (Å²) in [6, 6.07) is 25.1. The summed E-state index contributed by atoms with van der Waals surface area (Å²) in [5, 5.41) is 4.44. The Morgan fingerprint density at radius 3 is 2.08 bits per heavy atom. The van der Waals surface area contributed by atoms with Crippen LogP contribution in [0.1, 0.15) is 34.6 Å². The summed E-state index contributed by atoms with van der Waals surface area (Å²) in [6.07, 6.45) is 1.59. The number of fused-ring (bicyclic) bond motifs is 1. The van der Waals surface area contributed by atoms with Crippen molar-refractivity contribution in [1.82, 2.24) is 9.78 Å². The standard InChI is InChI=1S/C27H21F3N4OS/c1-18-17-33(21-12-14-22(15-13-21)36-27(28,29)30)26(35)25-23(16-31-34(18)25)32-24(19-8-4-2-5-9-19)20-10-6-3-7-11-20/h2-16,18H,17H2,1H3/t18-/m0/s1. The summed E-state index contributed by atoms with van der Waals surface area (Å²) >= 11 is -0.183. The van der Waals surface area contributed by atoms with Crippen molar-refractivity contribution in [3.05, 3.63) is 108 Å². The van der Waals surface area contributed by atoms with Gasteiger partial charge in [-0.2, -0.15) is 18.3 Å². The Kier molecular flexibility index (Phi) is 6.40. The zero-order valence-electron chi connectivity index (χ0n) is 19.2. The molecular formula is C27H21F3N4OS. The van der Waals surface area contributed by atoms with Gasteiger partial charge in [-0.1, -0.05) is 60.7 Å². The van der Waals surface area contributed by atoms with Crippen molar-refractivity contribution < 1.29 is 18.0 Å². The molecule has 0 saturated carbocycles. The number of carbonyl (C=O) groups excluding carboxylic acids is 1. The highest BCUT2D eigenvalue weighted by atomic mass is 32.2. The summed E-state index contributed by atoms with van der Waals surface area (Å²) in [4.78, 5) is 20.1. The Morgan fingerprint density at radius 1 is 0.944 bits per heavy atom. The Bertz CT molecular complexity index is 1360. The van der Waals surface area contributed by atoms with Crippen LogP contribution in [0.4, 0.5) is 24.5 Å². The third-order valence-corrected chi connectivity index (χ3v) is 6.54. The molecule has 0 aliphatic carbocycles. The second-order valence-electron chi connectivity index (χ2n) is 8.32. The van der Waals surface area contributed by atoms with Crippen LogP contribution in [-0.4, -0.2) is 33.5 Å². The molecule has 36 heavy (non-hydrogen) atoms. The molecule has 0 bridgehead atoms. The van der Waals surface area contributed by atoms with E-state index in [1.165, 1.54) is 24.3 Å². The third kappa shape index (κ3) is 4.92. The quantitative estimate of drug-likeness (QED) is 0.219. The molecule has 3 aromatic carbocycles. The van der Waals surface area contributed by atoms with Crippen LogP contribution in [0.15, 0.2) is 101 Å². The second kappa shape index (κ2) is 9.66. The Labute approximate surface area is 210 Å². The number of nitrogens with zero attached hydrogens (tertiary/aromatic N) is 4. The SMILES string of the molecule is C[C@H]1CN(c2ccc(SC(F)(F)F)cc2)C(=O)c2c(N=C(c3ccccc3)c3ccccc3)cnn21. The van der Waals surface area contributed by atoms with Gasteiger partial charge in [0.15, 0.2) is 5.69 Å². The van der Waals surface area contributed by atoms with Crippen molar-refractivity contribution in [2.75, 3.05) is 11.4 Å². The van der Waals surface area contributed by atoms with Crippen LogP contribution in [0.3, 0.4) is 0 Å². The van der Waals surface area contributed by atoms with E-state index in [4.69, 9.17) is 4.99 Å². The van der Waals surface area contributed by atoms with Crippen LogP contribution < -0.4 is 4.90 Å². The van der Waals surface area contributed by atoms with E-state index in [0.29, 0.717) is 29.3 Å². The fourth-order valence-corrected chi connectivity index (χ4v) is 4.73. The molecule has 0 fully saturated rings. The smallest absolute Gasteiger partial charge is 0.305 e. The van der Waals surface area contributed by atoms with E-state index < -0.39 is 5.51 Å². The lowest BCUT2D eigenvalue weighted by Gasteiger charge is -2.32. The monoisotopic (exact) mass is 506 g/mol. The molecule has 9 heteroatoms. The number of benzene rings is 3. The summed E-state index contributed by atoms with van der Waals surface area (Å²) in [5.74, 6) is -0.305. The molecule has 0 unspecified atom stereocenters. The van der Waals surface area contributed by atoms with Gasteiger partial charge in [-0.25, -0.2) is 4.99 Å². The van der Waals surface area contributed by atoms with Gasteiger partial charge < -0.3 is 4.90 Å². The van der Waals surface area contributed by atoms with Gasteiger partial charge in [-0.15, -0.1) is 0 Å². The second-order valence-corrected chi connectivity index (χ2v) is 9.46. The summed E-state index contributed by atoms with van der Waals surface area (Å²) in [7, 11) is 0. The third-order valence-electron chi connectivity index (χ3n) is 5.80. The molecule has 0 spiro atoms. The molecule has 0 N–H and O–H groups in total. The van der Waals surface area contributed by atoms with Gasteiger partial charge in [0.2, 0.25) is 0 Å². The maximum Gasteiger partial charge on any atom is 0.446 e. The number of alkyl halides is 3. The number of aromatic nitrogens is 2. The average Bonchev–Trinajstić information content (AvgIpc) is 3.30. The van der Waals surface area contributed by atoms with Crippen molar-refractivity contribution in [1.29, 1.82) is 0 Å². The van der Waals surface area contributed by atoms with Crippen LogP contribution >= 0.6 is 11.8 Å². The first-order valence-electron chi connectivity index (χ1n) is 11.2. The average molecular weight is 507 g/mol. The molecule has 4 aromatic rings. The highest BCUT2D eigenvalue weighted by Gasteiger charge is 2.34. The van der Waals surface area contributed by atoms with Crippen molar-refractivity contribution in [2.45, 2.75) is 23.4 Å². The van der Waals surface area contributed by atoms with Gasteiger partial charge in [0.05, 0.1) is 18.0 Å². The van der Waals surface area contributed by atoms with Gasteiger partial charge in [0, 0.05) is 28.3 Å². The van der Waals surface area contributed by atoms with Gasteiger partial charge >= 0.3 is 5.51 Å². The largest absolute Gasteiger partial charge is 0.446 e. The number of thioether (sulfide) groups is 1. The van der Waals surface area contributed by atoms with E-state index in [9.17, 15) is 18.0 Å². The molecule has 1 amide bonds. The summed E-state index contributed by atoms with van der Waals surface area (Å²) < 4.78 is 39.8. The molecule has 1 atom stereocenters. The Balaban J connectivity index is 1.53. The van der Waals surface area contributed by atoms with Gasteiger partial charge in [-0.3, -0.25) is 9.48 Å². The lowest BCUT2D eigenvalue weighted by molar-refractivity contribution is -0.0328. The van der Waals surface area contributed by atoms with E-state index >= 15 is 0 Å². The Morgan fingerprint density at radius 2 is 1.53 bits per heavy atom. The highest BCUT2D eigenvalue weighted by molar-refractivity contribution is 8.00. The lowest BCUT2D eigenvalue weighted by atomic mass is 10.0. The van der Waals surface area contributed by atoms with Crippen LogP contribution in [0.5, 0.6) is 0 Å². The van der Waals surface area contributed by atoms with Crippen molar-refractivity contribution in [3.8, 4) is 0 Å². The number of hydrogen-bond donors (Lipinski definition) is 0. The van der Waals surface area contributed by atoms with Crippen LogP contribution in [0, 0.1) is 0 Å². The molecule has 182 valence electrons. The molecule has 2 heterocycles. The van der Waals surface area contributed by atoms with E-state index in [1.807, 2.05) is 67.6 Å². The molecule has 5 nitrogen and oxygen atoms in total. The van der Waals surface area contributed by atoms with E-state index in [2.05, 4.69) is 5.10 Å². The zero-order chi connectivity index (χ0) is 25.3. The molecule has 1 aromatic heterocycles. The number of amides is 1. The number of rotatable bonds is 5. The topological polar surface area (TPSA) is 50.5 Å². The van der Waals surface area contributed by atoms with Crippen LogP contribution in [-0.2, 0) is 0 Å². The van der Waals surface area contributed by atoms with Crippen molar-refractivity contribution in [3.63, 3.8) is 0 Å². The highest BCUT2D eigenvalue weighted by Crippen LogP contribution is 2.38.